The molecule has 152 valence electrons. The van der Waals surface area contributed by atoms with E-state index in [0.29, 0.717) is 29.2 Å². The molecule has 3 aromatic rings. The molecule has 1 atom stereocenters. The summed E-state index contributed by atoms with van der Waals surface area (Å²) < 4.78 is 16.7. The number of benzene rings is 1. The zero-order chi connectivity index (χ0) is 20.8. The molecule has 0 radical (unpaired) electrons. The van der Waals surface area contributed by atoms with Gasteiger partial charge in [0.25, 0.3) is 5.56 Å². The summed E-state index contributed by atoms with van der Waals surface area (Å²) in [5.74, 6) is -0.439. The number of pyridine rings is 2. The number of hydrogen-bond acceptors (Lipinski definition) is 8. The summed E-state index contributed by atoms with van der Waals surface area (Å²) in [7, 11) is 0. The van der Waals surface area contributed by atoms with Crippen molar-refractivity contribution in [3.63, 3.8) is 0 Å². The Labute approximate surface area is 175 Å². The van der Waals surface area contributed by atoms with E-state index in [1.54, 1.807) is 10.6 Å². The standard InChI is InChI=1S/C21H16N2O6S/c24-19-14-10-28-20(25)18(29-21(26)27-5-6-30)13(14)8-16-17-12(9-23(16)19)7-11-3-1-2-4-15(11)22-17/h1-4,7-8,18,30H,5-6,9-10H2/t18-/m0/s1. The normalized spacial score (nSPS) is 16.4. The van der Waals surface area contributed by atoms with Crippen LogP contribution in [0.3, 0.4) is 0 Å². The molecule has 0 spiro atoms. The number of para-hydroxylation sites is 1. The zero-order valence-corrected chi connectivity index (χ0v) is 16.6. The van der Waals surface area contributed by atoms with Crippen LogP contribution in [-0.4, -0.2) is 34.0 Å². The summed E-state index contributed by atoms with van der Waals surface area (Å²) in [4.78, 5) is 42.1. The first-order chi connectivity index (χ1) is 14.6. The highest BCUT2D eigenvalue weighted by molar-refractivity contribution is 7.80. The van der Waals surface area contributed by atoms with E-state index in [2.05, 4.69) is 12.6 Å². The third-order valence-corrected chi connectivity index (χ3v) is 5.37. The van der Waals surface area contributed by atoms with Crippen molar-refractivity contribution >= 4 is 35.7 Å². The van der Waals surface area contributed by atoms with Crippen LogP contribution in [0.1, 0.15) is 22.8 Å². The molecule has 4 heterocycles. The first-order valence-corrected chi connectivity index (χ1v) is 9.96. The molecule has 0 aliphatic carbocycles. The summed E-state index contributed by atoms with van der Waals surface area (Å²) >= 11 is 3.96. The van der Waals surface area contributed by atoms with E-state index in [9.17, 15) is 14.4 Å². The van der Waals surface area contributed by atoms with E-state index in [1.165, 1.54) is 0 Å². The summed E-state index contributed by atoms with van der Waals surface area (Å²) in [6.07, 6.45) is -2.40. The number of thiol groups is 1. The fourth-order valence-electron chi connectivity index (χ4n) is 3.83. The Morgan fingerprint density at radius 1 is 1.27 bits per heavy atom. The summed E-state index contributed by atoms with van der Waals surface area (Å²) in [5.41, 5.74) is 3.24. The Kier molecular flexibility index (Phi) is 4.47. The highest BCUT2D eigenvalue weighted by atomic mass is 32.1. The Balaban J connectivity index is 1.62. The Bertz CT molecular complexity index is 1270. The fourth-order valence-corrected chi connectivity index (χ4v) is 3.92. The lowest BCUT2D eigenvalue weighted by Crippen LogP contribution is -2.34. The van der Waals surface area contributed by atoms with Crippen molar-refractivity contribution in [1.82, 2.24) is 9.55 Å². The number of carbonyl (C=O) groups excluding carboxylic acids is 2. The number of fused-ring (bicyclic) bond motifs is 5. The lowest BCUT2D eigenvalue weighted by Gasteiger charge is -2.24. The zero-order valence-electron chi connectivity index (χ0n) is 15.7. The third kappa shape index (κ3) is 2.93. The van der Waals surface area contributed by atoms with Gasteiger partial charge in [0.2, 0.25) is 6.10 Å². The number of nitrogens with zero attached hydrogens (tertiary/aromatic N) is 2. The van der Waals surface area contributed by atoms with Gasteiger partial charge in [-0.05, 0) is 18.2 Å². The predicted molar refractivity (Wildman–Crippen MR) is 109 cm³/mol. The molecular weight excluding hydrogens is 408 g/mol. The van der Waals surface area contributed by atoms with Crippen LogP contribution in [0.15, 0.2) is 41.2 Å². The molecule has 0 N–H and O–H groups in total. The molecule has 2 aromatic heterocycles. The summed E-state index contributed by atoms with van der Waals surface area (Å²) in [6.45, 7) is 0.233. The van der Waals surface area contributed by atoms with E-state index < -0.39 is 18.2 Å². The van der Waals surface area contributed by atoms with Crippen molar-refractivity contribution in [3.8, 4) is 11.4 Å². The molecule has 30 heavy (non-hydrogen) atoms. The number of cyclic esters (lactones) is 1. The van der Waals surface area contributed by atoms with Gasteiger partial charge >= 0.3 is 12.1 Å². The Morgan fingerprint density at radius 2 is 2.10 bits per heavy atom. The molecule has 8 nitrogen and oxygen atoms in total. The van der Waals surface area contributed by atoms with Gasteiger partial charge in [0.05, 0.1) is 29.0 Å². The molecule has 1 aromatic carbocycles. The van der Waals surface area contributed by atoms with Gasteiger partial charge in [-0.1, -0.05) is 18.2 Å². The molecular formula is C21H16N2O6S. The smallest absolute Gasteiger partial charge is 0.458 e. The number of aromatic nitrogens is 2. The SMILES string of the molecule is O=C(OCCS)O[C@@H]1C(=O)OCc2c1cc1n(c2=O)Cc2cc3ccccc3nc2-1. The predicted octanol–water partition coefficient (Wildman–Crippen LogP) is 2.61. The highest BCUT2D eigenvalue weighted by Crippen LogP contribution is 2.36. The first kappa shape index (κ1) is 18.7. The molecule has 2 aliphatic rings. The van der Waals surface area contributed by atoms with Crippen LogP contribution in [0.4, 0.5) is 4.79 Å². The Hall–Kier alpha value is -3.33. The van der Waals surface area contributed by atoms with Crippen LogP contribution in [0, 0.1) is 0 Å². The minimum absolute atomic E-state index is 0.0355. The largest absolute Gasteiger partial charge is 0.509 e. The van der Waals surface area contributed by atoms with Crippen molar-refractivity contribution in [2.45, 2.75) is 19.3 Å². The quantitative estimate of drug-likeness (QED) is 0.399. The Morgan fingerprint density at radius 3 is 2.93 bits per heavy atom. The molecule has 9 heteroatoms. The molecule has 0 bridgehead atoms. The van der Waals surface area contributed by atoms with Crippen molar-refractivity contribution in [2.75, 3.05) is 12.4 Å². The number of esters is 1. The monoisotopic (exact) mass is 424 g/mol. The molecule has 5 rings (SSSR count). The molecule has 0 saturated heterocycles. The van der Waals surface area contributed by atoms with Crippen LogP contribution < -0.4 is 5.56 Å². The number of hydrogen-bond donors (Lipinski definition) is 1. The first-order valence-electron chi connectivity index (χ1n) is 9.33. The average Bonchev–Trinajstić information content (AvgIpc) is 3.10. The maximum absolute atomic E-state index is 13.1. The second kappa shape index (κ2) is 7.17. The van der Waals surface area contributed by atoms with Crippen molar-refractivity contribution in [2.24, 2.45) is 0 Å². The molecule has 0 saturated carbocycles. The van der Waals surface area contributed by atoms with Gasteiger partial charge in [-0.3, -0.25) is 4.79 Å². The minimum atomic E-state index is -1.37. The van der Waals surface area contributed by atoms with Gasteiger partial charge in [0.1, 0.15) is 13.2 Å². The minimum Gasteiger partial charge on any atom is -0.458 e. The molecule has 0 fully saturated rings. The maximum atomic E-state index is 13.1. The molecule has 0 unspecified atom stereocenters. The van der Waals surface area contributed by atoms with Crippen LogP contribution in [0.5, 0.6) is 0 Å². The molecule has 0 amide bonds. The van der Waals surface area contributed by atoms with Gasteiger partial charge in [-0.25, -0.2) is 14.6 Å². The highest BCUT2D eigenvalue weighted by Gasteiger charge is 2.37. The number of ether oxygens (including phenoxy) is 3. The van der Waals surface area contributed by atoms with E-state index >= 15 is 0 Å². The summed E-state index contributed by atoms with van der Waals surface area (Å²) in [6, 6.07) is 11.4. The second-order valence-corrected chi connectivity index (χ2v) is 7.42. The van der Waals surface area contributed by atoms with Gasteiger partial charge < -0.3 is 18.8 Å². The van der Waals surface area contributed by atoms with Crippen LogP contribution in [0.2, 0.25) is 0 Å². The van der Waals surface area contributed by atoms with Gasteiger partial charge in [-0.2, -0.15) is 12.6 Å². The maximum Gasteiger partial charge on any atom is 0.509 e. The van der Waals surface area contributed by atoms with Crippen molar-refractivity contribution in [1.29, 1.82) is 0 Å². The second-order valence-electron chi connectivity index (χ2n) is 6.97. The van der Waals surface area contributed by atoms with Gasteiger partial charge in [-0.15, -0.1) is 0 Å². The van der Waals surface area contributed by atoms with Crippen LogP contribution in [-0.2, 0) is 32.2 Å². The van der Waals surface area contributed by atoms with E-state index in [0.717, 1.165) is 16.5 Å². The lowest BCUT2D eigenvalue weighted by molar-refractivity contribution is -0.159. The molecule has 2 aliphatic heterocycles. The topological polar surface area (TPSA) is 96.7 Å². The van der Waals surface area contributed by atoms with Crippen LogP contribution in [0.25, 0.3) is 22.3 Å². The van der Waals surface area contributed by atoms with E-state index in [1.807, 2.05) is 30.3 Å². The fraction of sp³-hybridized carbons (Fsp3) is 0.238. The van der Waals surface area contributed by atoms with E-state index in [-0.39, 0.29) is 24.3 Å². The van der Waals surface area contributed by atoms with Crippen molar-refractivity contribution in [3.05, 3.63) is 63.4 Å². The summed E-state index contributed by atoms with van der Waals surface area (Å²) in [5, 5.41) is 0.980. The van der Waals surface area contributed by atoms with Crippen molar-refractivity contribution < 1.29 is 23.8 Å². The van der Waals surface area contributed by atoms with E-state index in [4.69, 9.17) is 19.2 Å². The van der Waals surface area contributed by atoms with Crippen LogP contribution >= 0.6 is 12.6 Å². The third-order valence-electron chi connectivity index (χ3n) is 5.19. The lowest BCUT2D eigenvalue weighted by atomic mass is 10.00. The number of rotatable bonds is 3. The number of carbonyl (C=O) groups is 2. The van der Waals surface area contributed by atoms with Gasteiger partial charge in [0.15, 0.2) is 0 Å². The van der Waals surface area contributed by atoms with Gasteiger partial charge in [0, 0.05) is 22.3 Å². The average molecular weight is 424 g/mol.